The SMILES string of the molecule is COc1cccc2c(C)cc(-n3nc(C)cc3NC(=O)c3ccc(Cl)c(Cl)c3)nc12. The number of halogens is 2. The van der Waals surface area contributed by atoms with Crippen molar-refractivity contribution in [3.63, 3.8) is 0 Å². The number of rotatable bonds is 4. The zero-order valence-electron chi connectivity index (χ0n) is 16.5. The lowest BCUT2D eigenvalue weighted by Crippen LogP contribution is -2.15. The smallest absolute Gasteiger partial charge is 0.256 e. The number of aromatic nitrogens is 3. The molecule has 2 aromatic heterocycles. The fourth-order valence-electron chi connectivity index (χ4n) is 3.24. The van der Waals surface area contributed by atoms with Crippen LogP contribution < -0.4 is 10.1 Å². The number of fused-ring (bicyclic) bond motifs is 1. The minimum absolute atomic E-state index is 0.313. The molecule has 0 bridgehead atoms. The molecule has 30 heavy (non-hydrogen) atoms. The zero-order chi connectivity index (χ0) is 21.4. The van der Waals surface area contributed by atoms with Gasteiger partial charge in [0.1, 0.15) is 17.1 Å². The van der Waals surface area contributed by atoms with Gasteiger partial charge in [-0.15, -0.1) is 0 Å². The van der Waals surface area contributed by atoms with Gasteiger partial charge in [0.25, 0.3) is 5.91 Å². The highest BCUT2D eigenvalue weighted by Gasteiger charge is 2.16. The van der Waals surface area contributed by atoms with Crippen LogP contribution >= 0.6 is 23.2 Å². The summed E-state index contributed by atoms with van der Waals surface area (Å²) in [6.07, 6.45) is 0. The summed E-state index contributed by atoms with van der Waals surface area (Å²) in [6.45, 7) is 3.84. The van der Waals surface area contributed by atoms with Gasteiger partial charge in [0.15, 0.2) is 5.82 Å². The molecule has 1 amide bonds. The highest BCUT2D eigenvalue weighted by atomic mass is 35.5. The Morgan fingerprint density at radius 3 is 2.60 bits per heavy atom. The van der Waals surface area contributed by atoms with Gasteiger partial charge in [0.2, 0.25) is 0 Å². The van der Waals surface area contributed by atoms with Crippen molar-refractivity contribution >= 4 is 45.8 Å². The van der Waals surface area contributed by atoms with E-state index in [1.165, 1.54) is 6.07 Å². The summed E-state index contributed by atoms with van der Waals surface area (Å²) in [5, 5.41) is 9.08. The molecule has 6 nitrogen and oxygen atoms in total. The zero-order valence-corrected chi connectivity index (χ0v) is 18.0. The number of amides is 1. The van der Waals surface area contributed by atoms with Crippen LogP contribution in [0.15, 0.2) is 48.5 Å². The van der Waals surface area contributed by atoms with Crippen LogP contribution in [0.1, 0.15) is 21.6 Å². The molecule has 152 valence electrons. The second-order valence-electron chi connectivity index (χ2n) is 6.82. The number of aryl methyl sites for hydroxylation is 2. The van der Waals surface area contributed by atoms with Gasteiger partial charge in [-0.05, 0) is 49.7 Å². The van der Waals surface area contributed by atoms with Crippen LogP contribution in [0.5, 0.6) is 5.75 Å². The second-order valence-corrected chi connectivity index (χ2v) is 7.63. The van der Waals surface area contributed by atoms with Crippen molar-refractivity contribution in [3.05, 3.63) is 75.4 Å². The number of benzene rings is 2. The molecular weight excluding hydrogens is 423 g/mol. The molecule has 8 heteroatoms. The number of para-hydroxylation sites is 1. The highest BCUT2D eigenvalue weighted by Crippen LogP contribution is 2.29. The molecular formula is C22H18Cl2N4O2. The molecule has 0 aliphatic heterocycles. The third-order valence-electron chi connectivity index (χ3n) is 4.69. The first-order valence-corrected chi connectivity index (χ1v) is 9.91. The van der Waals surface area contributed by atoms with E-state index in [1.54, 1.807) is 30.0 Å². The van der Waals surface area contributed by atoms with Crippen molar-refractivity contribution in [2.75, 3.05) is 12.4 Å². The minimum Gasteiger partial charge on any atom is -0.494 e. The fourth-order valence-corrected chi connectivity index (χ4v) is 3.53. The Kier molecular flexibility index (Phi) is 5.37. The van der Waals surface area contributed by atoms with Crippen molar-refractivity contribution in [1.82, 2.24) is 14.8 Å². The molecule has 4 aromatic rings. The van der Waals surface area contributed by atoms with Crippen LogP contribution in [0.2, 0.25) is 10.0 Å². The number of nitrogens with one attached hydrogen (secondary N) is 1. The Morgan fingerprint density at radius 2 is 1.87 bits per heavy atom. The summed E-state index contributed by atoms with van der Waals surface area (Å²) in [7, 11) is 1.61. The average Bonchev–Trinajstić information content (AvgIpc) is 3.09. The van der Waals surface area contributed by atoms with Crippen LogP contribution in [-0.4, -0.2) is 27.8 Å². The van der Waals surface area contributed by atoms with E-state index in [0.717, 1.165) is 22.2 Å². The van der Waals surface area contributed by atoms with Crippen molar-refractivity contribution in [1.29, 1.82) is 0 Å². The van der Waals surface area contributed by atoms with E-state index >= 15 is 0 Å². The molecule has 0 spiro atoms. The van der Waals surface area contributed by atoms with Crippen LogP contribution in [-0.2, 0) is 0 Å². The quantitative estimate of drug-likeness (QED) is 0.447. The average molecular weight is 441 g/mol. The van der Waals surface area contributed by atoms with E-state index in [-0.39, 0.29) is 5.91 Å². The first kappa shape index (κ1) is 20.2. The van der Waals surface area contributed by atoms with Crippen molar-refractivity contribution in [2.24, 2.45) is 0 Å². The predicted octanol–water partition coefficient (Wildman–Crippen LogP) is 5.61. The standard InChI is InChI=1S/C22H18Cl2N4O2/c1-12-9-19(25-21-15(12)5-4-6-18(21)30-3)28-20(10-13(2)27-28)26-22(29)14-7-8-16(23)17(24)11-14/h4-11H,1-3H3,(H,26,29). The molecule has 0 aliphatic carbocycles. The number of ether oxygens (including phenoxy) is 1. The molecule has 2 aromatic carbocycles. The van der Waals surface area contributed by atoms with Gasteiger partial charge < -0.3 is 10.1 Å². The van der Waals surface area contributed by atoms with E-state index in [9.17, 15) is 4.79 Å². The van der Waals surface area contributed by atoms with Gasteiger partial charge in [-0.1, -0.05) is 35.3 Å². The van der Waals surface area contributed by atoms with Crippen molar-refractivity contribution in [3.8, 4) is 11.6 Å². The van der Waals surface area contributed by atoms with E-state index in [2.05, 4.69) is 10.4 Å². The number of anilines is 1. The molecule has 1 N–H and O–H groups in total. The third-order valence-corrected chi connectivity index (χ3v) is 5.43. The molecule has 0 aliphatic rings. The summed E-state index contributed by atoms with van der Waals surface area (Å²) in [5.74, 6) is 1.40. The maximum atomic E-state index is 12.8. The molecule has 2 heterocycles. The lowest BCUT2D eigenvalue weighted by atomic mass is 10.1. The largest absolute Gasteiger partial charge is 0.494 e. The lowest BCUT2D eigenvalue weighted by molar-refractivity contribution is 0.102. The van der Waals surface area contributed by atoms with Crippen LogP contribution in [0.25, 0.3) is 16.7 Å². The van der Waals surface area contributed by atoms with Gasteiger partial charge in [0.05, 0.1) is 22.8 Å². The fraction of sp³-hybridized carbons (Fsp3) is 0.136. The lowest BCUT2D eigenvalue weighted by Gasteiger charge is -2.12. The summed E-state index contributed by atoms with van der Waals surface area (Å²) in [6, 6.07) is 14.2. The van der Waals surface area contributed by atoms with E-state index in [1.807, 2.05) is 38.1 Å². The molecule has 0 radical (unpaired) electrons. The number of carbonyl (C=O) groups is 1. The Morgan fingerprint density at radius 1 is 1.07 bits per heavy atom. The molecule has 0 atom stereocenters. The second kappa shape index (κ2) is 7.97. The van der Waals surface area contributed by atoms with E-state index in [4.69, 9.17) is 32.9 Å². The Labute approximate surface area is 183 Å². The number of hydrogen-bond acceptors (Lipinski definition) is 4. The third kappa shape index (κ3) is 3.72. The topological polar surface area (TPSA) is 69.0 Å². The number of carbonyl (C=O) groups excluding carboxylic acids is 1. The summed E-state index contributed by atoms with van der Waals surface area (Å²) in [4.78, 5) is 17.5. The van der Waals surface area contributed by atoms with Crippen molar-refractivity contribution in [2.45, 2.75) is 13.8 Å². The molecule has 4 rings (SSSR count). The van der Waals surface area contributed by atoms with E-state index in [0.29, 0.717) is 33.0 Å². The van der Waals surface area contributed by atoms with Crippen LogP contribution in [0, 0.1) is 13.8 Å². The van der Waals surface area contributed by atoms with Crippen molar-refractivity contribution < 1.29 is 9.53 Å². The summed E-state index contributed by atoms with van der Waals surface area (Å²) < 4.78 is 7.07. The van der Waals surface area contributed by atoms with Gasteiger partial charge in [-0.3, -0.25) is 4.79 Å². The van der Waals surface area contributed by atoms with Gasteiger partial charge in [0, 0.05) is 17.0 Å². The Balaban J connectivity index is 1.76. The minimum atomic E-state index is -0.329. The first-order chi connectivity index (χ1) is 14.4. The van der Waals surface area contributed by atoms with Crippen LogP contribution in [0.3, 0.4) is 0 Å². The number of nitrogens with zero attached hydrogens (tertiary/aromatic N) is 3. The molecule has 0 saturated carbocycles. The van der Waals surface area contributed by atoms with E-state index < -0.39 is 0 Å². The predicted molar refractivity (Wildman–Crippen MR) is 119 cm³/mol. The van der Waals surface area contributed by atoms with Gasteiger partial charge >= 0.3 is 0 Å². The number of methoxy groups -OCH3 is 1. The normalized spacial score (nSPS) is 11.0. The van der Waals surface area contributed by atoms with Crippen LogP contribution in [0.4, 0.5) is 5.82 Å². The monoisotopic (exact) mass is 440 g/mol. The summed E-state index contributed by atoms with van der Waals surface area (Å²) >= 11 is 12.0. The first-order valence-electron chi connectivity index (χ1n) is 9.15. The maximum Gasteiger partial charge on any atom is 0.256 e. The molecule has 0 fully saturated rings. The van der Waals surface area contributed by atoms with Gasteiger partial charge in [-0.25, -0.2) is 4.98 Å². The Hall–Kier alpha value is -3.09. The Bertz CT molecular complexity index is 1280. The summed E-state index contributed by atoms with van der Waals surface area (Å²) in [5.41, 5.74) is 2.87. The number of hydrogen-bond donors (Lipinski definition) is 1. The molecule has 0 unspecified atom stereocenters. The van der Waals surface area contributed by atoms with Gasteiger partial charge in [-0.2, -0.15) is 9.78 Å². The highest BCUT2D eigenvalue weighted by molar-refractivity contribution is 6.42. The molecule has 0 saturated heterocycles. The number of pyridine rings is 1. The maximum absolute atomic E-state index is 12.8.